The lowest BCUT2D eigenvalue weighted by Crippen LogP contribution is -2.47. The van der Waals surface area contributed by atoms with E-state index < -0.39 is 28.1 Å². The van der Waals surface area contributed by atoms with E-state index in [1.165, 1.54) is 7.05 Å². The third kappa shape index (κ3) is 9.33. The minimum atomic E-state index is -5.30. The van der Waals surface area contributed by atoms with Gasteiger partial charge < -0.3 is 10.6 Å². The molecule has 6 nitrogen and oxygen atoms in total. The summed E-state index contributed by atoms with van der Waals surface area (Å²) in [5, 5.41) is 5.82. The zero-order valence-corrected chi connectivity index (χ0v) is 18.4. The van der Waals surface area contributed by atoms with Crippen LogP contribution >= 0.6 is 24.0 Å². The van der Waals surface area contributed by atoms with Crippen molar-refractivity contribution in [1.82, 2.24) is 14.9 Å². The molecule has 0 unspecified atom stereocenters. The van der Waals surface area contributed by atoms with Crippen molar-refractivity contribution >= 4 is 40.0 Å². The molecule has 0 atom stereocenters. The number of rotatable bonds is 7. The van der Waals surface area contributed by atoms with Crippen molar-refractivity contribution in [3.05, 3.63) is 0 Å². The van der Waals surface area contributed by atoms with Crippen LogP contribution in [0.5, 0.6) is 0 Å². The number of halogens is 7. The van der Waals surface area contributed by atoms with Crippen molar-refractivity contribution in [1.29, 1.82) is 0 Å². The third-order valence-corrected chi connectivity index (χ3v) is 5.80. The maximum atomic E-state index is 12.5. The highest BCUT2D eigenvalue weighted by Crippen LogP contribution is 2.30. The summed E-state index contributed by atoms with van der Waals surface area (Å²) in [4.78, 5) is 3.92. The van der Waals surface area contributed by atoms with Crippen LogP contribution in [0.15, 0.2) is 4.99 Å². The first-order chi connectivity index (χ1) is 12.4. The van der Waals surface area contributed by atoms with E-state index in [4.69, 9.17) is 0 Å². The van der Waals surface area contributed by atoms with Gasteiger partial charge in [0.1, 0.15) is 0 Å². The molecule has 0 amide bonds. The van der Waals surface area contributed by atoms with Crippen LogP contribution in [-0.4, -0.2) is 63.6 Å². The molecule has 1 rings (SSSR count). The lowest BCUT2D eigenvalue weighted by atomic mass is 9.98. The summed E-state index contributed by atoms with van der Waals surface area (Å²) in [6, 6.07) is 0. The fourth-order valence-electron chi connectivity index (χ4n) is 2.62. The van der Waals surface area contributed by atoms with Crippen LogP contribution in [0.4, 0.5) is 26.3 Å². The van der Waals surface area contributed by atoms with E-state index >= 15 is 0 Å². The molecule has 0 aromatic rings. The zero-order chi connectivity index (χ0) is 20.7. The summed E-state index contributed by atoms with van der Waals surface area (Å²) in [6.07, 6.45) is -4.17. The molecule has 1 heterocycles. The number of aliphatic imine (C=N–C) groups is 1. The number of sulfonamides is 1. The zero-order valence-electron chi connectivity index (χ0n) is 15.2. The lowest BCUT2D eigenvalue weighted by molar-refractivity contribution is -0.135. The molecule has 1 aliphatic heterocycles. The maximum absolute atomic E-state index is 12.5. The minimum Gasteiger partial charge on any atom is -0.356 e. The van der Waals surface area contributed by atoms with Gasteiger partial charge in [-0.2, -0.15) is 30.6 Å². The highest BCUT2D eigenvalue weighted by Gasteiger charge is 2.50. The second-order valence-corrected chi connectivity index (χ2v) is 8.17. The molecular weight excluding hydrogens is 529 g/mol. The SMILES string of the molecule is CN=C(NCCCCC(F)(F)F)NCC1CCN(S(=O)(=O)C(F)(F)F)CC1.I. The molecule has 0 aromatic carbocycles. The quantitative estimate of drug-likeness (QED) is 0.167. The molecule has 168 valence electrons. The van der Waals surface area contributed by atoms with Crippen molar-refractivity contribution < 1.29 is 34.8 Å². The van der Waals surface area contributed by atoms with Crippen molar-refractivity contribution in [2.45, 2.75) is 43.8 Å². The summed E-state index contributed by atoms with van der Waals surface area (Å²) >= 11 is 0. The molecule has 14 heteroatoms. The summed E-state index contributed by atoms with van der Waals surface area (Å²) in [5.74, 6) is 0.348. The third-order valence-electron chi connectivity index (χ3n) is 4.17. The van der Waals surface area contributed by atoms with Gasteiger partial charge in [-0.3, -0.25) is 4.99 Å². The van der Waals surface area contributed by atoms with Gasteiger partial charge in [0.05, 0.1) is 0 Å². The first-order valence-electron chi connectivity index (χ1n) is 8.44. The van der Waals surface area contributed by atoms with Gasteiger partial charge in [0.15, 0.2) is 5.96 Å². The van der Waals surface area contributed by atoms with Crippen LogP contribution < -0.4 is 10.6 Å². The van der Waals surface area contributed by atoms with Crippen molar-refractivity contribution in [2.24, 2.45) is 10.9 Å². The molecule has 0 aliphatic carbocycles. The molecule has 0 bridgehead atoms. The van der Waals surface area contributed by atoms with Crippen LogP contribution in [0.2, 0.25) is 0 Å². The molecule has 0 saturated carbocycles. The first kappa shape index (κ1) is 27.5. The number of nitrogens with one attached hydrogen (secondary N) is 2. The van der Waals surface area contributed by atoms with E-state index in [2.05, 4.69) is 15.6 Å². The number of unbranched alkanes of at least 4 members (excludes halogenated alkanes) is 1. The second kappa shape index (κ2) is 11.6. The molecule has 0 aromatic heterocycles. The standard InChI is InChI=1S/C14H24F6N4O2S.HI/c1-21-12(22-7-3-2-6-13(15,16)17)23-10-11-4-8-24(9-5-11)27(25,26)14(18,19)20;/h11H,2-10H2,1H3,(H2,21,22,23);1H. The molecule has 1 saturated heterocycles. The number of hydrogen-bond acceptors (Lipinski definition) is 3. The van der Waals surface area contributed by atoms with Gasteiger partial charge in [-0.1, -0.05) is 0 Å². The van der Waals surface area contributed by atoms with E-state index in [0.717, 1.165) is 0 Å². The van der Waals surface area contributed by atoms with E-state index in [9.17, 15) is 34.8 Å². The van der Waals surface area contributed by atoms with Crippen molar-refractivity contribution in [2.75, 3.05) is 33.2 Å². The molecule has 0 spiro atoms. The Morgan fingerprint density at radius 2 is 1.64 bits per heavy atom. The Bertz CT molecular complexity index is 590. The van der Waals surface area contributed by atoms with E-state index in [1.807, 2.05) is 0 Å². The number of alkyl halides is 6. The van der Waals surface area contributed by atoms with Gasteiger partial charge in [0, 0.05) is 39.6 Å². The Kier molecular flexibility index (Phi) is 11.4. The highest BCUT2D eigenvalue weighted by molar-refractivity contribution is 14.0. The van der Waals surface area contributed by atoms with Gasteiger partial charge in [-0.05, 0) is 31.6 Å². The lowest BCUT2D eigenvalue weighted by Gasteiger charge is -2.31. The molecule has 1 aliphatic rings. The van der Waals surface area contributed by atoms with Gasteiger partial charge in [0.2, 0.25) is 0 Å². The van der Waals surface area contributed by atoms with Crippen LogP contribution in [0.25, 0.3) is 0 Å². The normalized spacial score (nSPS) is 17.9. The Morgan fingerprint density at radius 1 is 1.07 bits per heavy atom. The predicted octanol–water partition coefficient (Wildman–Crippen LogP) is 3.06. The van der Waals surface area contributed by atoms with E-state index in [1.54, 1.807) is 0 Å². The fourth-order valence-corrected chi connectivity index (χ4v) is 3.60. The number of nitrogens with zero attached hydrogens (tertiary/aromatic N) is 2. The average Bonchev–Trinajstić information content (AvgIpc) is 2.55. The van der Waals surface area contributed by atoms with E-state index in [0.29, 0.717) is 29.8 Å². The van der Waals surface area contributed by atoms with Crippen LogP contribution in [0, 0.1) is 5.92 Å². The summed E-state index contributed by atoms with van der Waals surface area (Å²) in [5.41, 5.74) is -5.30. The Balaban J connectivity index is 0.00000729. The summed E-state index contributed by atoms with van der Waals surface area (Å²) in [7, 11) is -3.80. The fraction of sp³-hybridized carbons (Fsp3) is 0.929. The van der Waals surface area contributed by atoms with Gasteiger partial charge in [-0.15, -0.1) is 24.0 Å². The van der Waals surface area contributed by atoms with Crippen LogP contribution in [-0.2, 0) is 10.0 Å². The summed E-state index contributed by atoms with van der Waals surface area (Å²) in [6.45, 7) is 0.259. The largest absolute Gasteiger partial charge is 0.511 e. The summed E-state index contributed by atoms with van der Waals surface area (Å²) < 4.78 is 96.8. The molecule has 1 fully saturated rings. The van der Waals surface area contributed by atoms with Crippen LogP contribution in [0.3, 0.4) is 0 Å². The van der Waals surface area contributed by atoms with Gasteiger partial charge in [-0.25, -0.2) is 8.42 Å². The second-order valence-electron chi connectivity index (χ2n) is 6.25. The maximum Gasteiger partial charge on any atom is 0.511 e. The van der Waals surface area contributed by atoms with Gasteiger partial charge >= 0.3 is 21.7 Å². The minimum absolute atomic E-state index is 0. The number of piperidine rings is 1. The van der Waals surface area contributed by atoms with Gasteiger partial charge in [0.25, 0.3) is 0 Å². The van der Waals surface area contributed by atoms with Crippen LogP contribution in [0.1, 0.15) is 32.1 Å². The average molecular weight is 554 g/mol. The monoisotopic (exact) mass is 554 g/mol. The number of guanidine groups is 1. The van der Waals surface area contributed by atoms with E-state index in [-0.39, 0.29) is 62.2 Å². The first-order valence-corrected chi connectivity index (χ1v) is 9.88. The predicted molar refractivity (Wildman–Crippen MR) is 104 cm³/mol. The smallest absolute Gasteiger partial charge is 0.356 e. The molecule has 28 heavy (non-hydrogen) atoms. The topological polar surface area (TPSA) is 73.8 Å². The van der Waals surface area contributed by atoms with Crippen molar-refractivity contribution in [3.63, 3.8) is 0 Å². The Labute approximate surface area is 177 Å². The molecular formula is C14H25F6IN4O2S. The molecule has 0 radical (unpaired) electrons. The number of hydrogen-bond donors (Lipinski definition) is 2. The van der Waals surface area contributed by atoms with Crippen molar-refractivity contribution in [3.8, 4) is 0 Å². The molecule has 2 N–H and O–H groups in total. The Morgan fingerprint density at radius 3 is 2.11 bits per heavy atom. The highest BCUT2D eigenvalue weighted by atomic mass is 127. The Hall–Kier alpha value is -0.510.